The third-order valence-corrected chi connectivity index (χ3v) is 4.63. The molecule has 3 atom stereocenters. The Bertz CT molecular complexity index is 295. The van der Waals surface area contributed by atoms with Gasteiger partial charge < -0.3 is 10.6 Å². The van der Waals surface area contributed by atoms with Crippen LogP contribution in [0.3, 0.4) is 0 Å². The van der Waals surface area contributed by atoms with Gasteiger partial charge in [0.25, 0.3) is 0 Å². The molecule has 2 fully saturated rings. The number of rotatable bonds is 4. The van der Waals surface area contributed by atoms with Gasteiger partial charge in [-0.2, -0.15) is 0 Å². The highest BCUT2D eigenvalue weighted by atomic mass is 16.1. The molecule has 110 valence electrons. The van der Waals surface area contributed by atoms with Crippen molar-refractivity contribution in [3.63, 3.8) is 0 Å². The van der Waals surface area contributed by atoms with Gasteiger partial charge in [0, 0.05) is 31.1 Å². The Hall–Kier alpha value is -0.610. The predicted octanol–water partition coefficient (Wildman–Crippen LogP) is 1.37. The van der Waals surface area contributed by atoms with E-state index < -0.39 is 0 Å². The van der Waals surface area contributed by atoms with Gasteiger partial charge in [0.2, 0.25) is 5.91 Å². The highest BCUT2D eigenvalue weighted by Gasteiger charge is 2.24. The molecule has 0 saturated carbocycles. The first-order valence-corrected chi connectivity index (χ1v) is 7.92. The fraction of sp³-hybridized carbons (Fsp3) is 0.933. The zero-order valence-electron chi connectivity index (χ0n) is 12.5. The molecule has 2 aliphatic rings. The lowest BCUT2D eigenvalue weighted by molar-refractivity contribution is -0.126. The quantitative estimate of drug-likeness (QED) is 0.808. The monoisotopic (exact) mass is 267 g/mol. The van der Waals surface area contributed by atoms with Crippen molar-refractivity contribution in [1.82, 2.24) is 15.5 Å². The summed E-state index contributed by atoms with van der Waals surface area (Å²) < 4.78 is 0. The average molecular weight is 267 g/mol. The molecular formula is C15H29N3O. The number of hydrogen-bond acceptors (Lipinski definition) is 3. The first-order valence-electron chi connectivity index (χ1n) is 7.92. The van der Waals surface area contributed by atoms with Gasteiger partial charge >= 0.3 is 0 Å². The van der Waals surface area contributed by atoms with Crippen molar-refractivity contribution in [2.45, 2.75) is 58.0 Å². The van der Waals surface area contributed by atoms with Crippen LogP contribution >= 0.6 is 0 Å². The van der Waals surface area contributed by atoms with E-state index in [1.165, 1.54) is 25.8 Å². The smallest absolute Gasteiger partial charge is 0.223 e. The zero-order valence-corrected chi connectivity index (χ0v) is 12.5. The minimum atomic E-state index is 0.218. The van der Waals surface area contributed by atoms with Gasteiger partial charge in [-0.15, -0.1) is 0 Å². The van der Waals surface area contributed by atoms with Crippen molar-refractivity contribution in [2.24, 2.45) is 5.92 Å². The van der Waals surface area contributed by atoms with Crippen LogP contribution in [0, 0.1) is 5.92 Å². The Labute approximate surface area is 117 Å². The van der Waals surface area contributed by atoms with E-state index in [9.17, 15) is 4.79 Å². The van der Waals surface area contributed by atoms with Crippen LogP contribution in [0.15, 0.2) is 0 Å². The van der Waals surface area contributed by atoms with Gasteiger partial charge in [-0.3, -0.25) is 9.69 Å². The number of carbonyl (C=O) groups is 1. The molecular weight excluding hydrogens is 238 g/mol. The summed E-state index contributed by atoms with van der Waals surface area (Å²) in [7, 11) is 0. The number of nitrogens with one attached hydrogen (secondary N) is 2. The second-order valence-electron chi connectivity index (χ2n) is 6.25. The molecule has 0 spiro atoms. The molecule has 1 unspecified atom stereocenters. The molecule has 0 aliphatic carbocycles. The maximum Gasteiger partial charge on any atom is 0.223 e. The van der Waals surface area contributed by atoms with E-state index in [1.807, 2.05) is 0 Å². The van der Waals surface area contributed by atoms with Crippen LogP contribution in [0.1, 0.15) is 46.0 Å². The van der Waals surface area contributed by atoms with Crippen molar-refractivity contribution in [3.8, 4) is 0 Å². The zero-order chi connectivity index (χ0) is 13.7. The molecule has 2 saturated heterocycles. The summed E-state index contributed by atoms with van der Waals surface area (Å²) in [6.45, 7) is 8.45. The lowest BCUT2D eigenvalue weighted by Crippen LogP contribution is -2.46. The van der Waals surface area contributed by atoms with Crippen LogP contribution < -0.4 is 10.6 Å². The SMILES string of the molecule is CC1CCCCN1CCNC(=O)[C@H]1CCN[C@@H](C)C1. The van der Waals surface area contributed by atoms with E-state index >= 15 is 0 Å². The first-order chi connectivity index (χ1) is 9.16. The van der Waals surface area contributed by atoms with Gasteiger partial charge in [0.1, 0.15) is 0 Å². The molecule has 2 heterocycles. The fourth-order valence-corrected chi connectivity index (χ4v) is 3.33. The second kappa shape index (κ2) is 7.25. The molecule has 0 aromatic rings. The van der Waals surface area contributed by atoms with Crippen molar-refractivity contribution < 1.29 is 4.79 Å². The van der Waals surface area contributed by atoms with E-state index in [2.05, 4.69) is 29.4 Å². The van der Waals surface area contributed by atoms with Crippen molar-refractivity contribution >= 4 is 5.91 Å². The third kappa shape index (κ3) is 4.46. The Balaban J connectivity index is 1.65. The van der Waals surface area contributed by atoms with E-state index in [0.717, 1.165) is 32.5 Å². The summed E-state index contributed by atoms with van der Waals surface area (Å²) in [6, 6.07) is 1.16. The average Bonchev–Trinajstić information content (AvgIpc) is 2.41. The molecule has 0 aromatic heterocycles. The van der Waals surface area contributed by atoms with Crippen molar-refractivity contribution in [3.05, 3.63) is 0 Å². The van der Waals surface area contributed by atoms with Crippen LogP contribution in [0.25, 0.3) is 0 Å². The largest absolute Gasteiger partial charge is 0.355 e. The normalized spacial score (nSPS) is 33.1. The van der Waals surface area contributed by atoms with Crippen molar-refractivity contribution in [1.29, 1.82) is 0 Å². The number of hydrogen-bond donors (Lipinski definition) is 2. The molecule has 0 bridgehead atoms. The standard InChI is InChI=1S/C15H29N3O/c1-12-11-14(6-7-16-12)15(19)17-8-10-18-9-4-3-5-13(18)2/h12-14,16H,3-11H2,1-2H3,(H,17,19)/t12-,13?,14-/m0/s1. The summed E-state index contributed by atoms with van der Waals surface area (Å²) >= 11 is 0. The molecule has 4 heteroatoms. The Morgan fingerprint density at radius 2 is 2.16 bits per heavy atom. The highest BCUT2D eigenvalue weighted by molar-refractivity contribution is 5.78. The lowest BCUT2D eigenvalue weighted by Gasteiger charge is -2.33. The molecule has 19 heavy (non-hydrogen) atoms. The van der Waals surface area contributed by atoms with Crippen molar-refractivity contribution in [2.75, 3.05) is 26.2 Å². The summed E-state index contributed by atoms with van der Waals surface area (Å²) in [5.41, 5.74) is 0. The van der Waals surface area contributed by atoms with Crippen LogP contribution in [-0.4, -0.2) is 49.1 Å². The molecule has 0 aromatic carbocycles. The van der Waals surface area contributed by atoms with Crippen LogP contribution in [-0.2, 0) is 4.79 Å². The number of carbonyl (C=O) groups excluding carboxylic acids is 1. The second-order valence-corrected chi connectivity index (χ2v) is 6.25. The van der Waals surface area contributed by atoms with Crippen LogP contribution in [0.4, 0.5) is 0 Å². The van der Waals surface area contributed by atoms with Gasteiger partial charge in [0.05, 0.1) is 0 Å². The number of piperidine rings is 2. The van der Waals surface area contributed by atoms with Gasteiger partial charge in [-0.05, 0) is 52.6 Å². The Kier molecular flexibility index (Phi) is 5.64. The summed E-state index contributed by atoms with van der Waals surface area (Å²) in [5, 5.41) is 6.52. The number of likely N-dealkylation sites (tertiary alicyclic amines) is 1. The Morgan fingerprint density at radius 3 is 2.89 bits per heavy atom. The molecule has 4 nitrogen and oxygen atoms in total. The van der Waals surface area contributed by atoms with Crippen LogP contribution in [0.2, 0.25) is 0 Å². The molecule has 1 amide bonds. The number of amides is 1. The molecule has 0 radical (unpaired) electrons. The number of nitrogens with zero attached hydrogens (tertiary/aromatic N) is 1. The Morgan fingerprint density at radius 1 is 1.32 bits per heavy atom. The molecule has 2 rings (SSSR count). The minimum absolute atomic E-state index is 0.218. The topological polar surface area (TPSA) is 44.4 Å². The highest BCUT2D eigenvalue weighted by Crippen LogP contribution is 2.17. The van der Waals surface area contributed by atoms with Crippen LogP contribution in [0.5, 0.6) is 0 Å². The van der Waals surface area contributed by atoms with E-state index in [1.54, 1.807) is 0 Å². The summed E-state index contributed by atoms with van der Waals surface area (Å²) in [4.78, 5) is 14.6. The van der Waals surface area contributed by atoms with E-state index in [-0.39, 0.29) is 11.8 Å². The summed E-state index contributed by atoms with van der Waals surface area (Å²) in [5.74, 6) is 0.480. The van der Waals surface area contributed by atoms with Gasteiger partial charge in [-0.1, -0.05) is 6.42 Å². The fourth-order valence-electron chi connectivity index (χ4n) is 3.33. The maximum atomic E-state index is 12.1. The van der Waals surface area contributed by atoms with Gasteiger partial charge in [-0.25, -0.2) is 0 Å². The first kappa shape index (κ1) is 14.8. The van der Waals surface area contributed by atoms with E-state index in [4.69, 9.17) is 0 Å². The molecule has 2 aliphatic heterocycles. The lowest BCUT2D eigenvalue weighted by atomic mass is 9.92. The third-order valence-electron chi connectivity index (χ3n) is 4.63. The maximum absolute atomic E-state index is 12.1. The minimum Gasteiger partial charge on any atom is -0.355 e. The molecule has 2 N–H and O–H groups in total. The predicted molar refractivity (Wildman–Crippen MR) is 78.1 cm³/mol. The van der Waals surface area contributed by atoms with E-state index in [0.29, 0.717) is 12.1 Å². The summed E-state index contributed by atoms with van der Waals surface area (Å²) in [6.07, 6.45) is 5.93. The van der Waals surface area contributed by atoms with Gasteiger partial charge in [0.15, 0.2) is 0 Å².